The Kier molecular flexibility index (Phi) is 4.81. The average molecular weight is 370 g/mol. The number of carbonyl (C=O) groups excluding carboxylic acids is 1. The Bertz CT molecular complexity index is 1070. The number of hydrogen-bond donors (Lipinski definition) is 1. The molecule has 0 aliphatic heterocycles. The van der Waals surface area contributed by atoms with E-state index in [1.807, 2.05) is 54.6 Å². The second-order valence-corrected chi connectivity index (χ2v) is 7.11. The predicted molar refractivity (Wildman–Crippen MR) is 112 cm³/mol. The first-order valence-corrected chi connectivity index (χ1v) is 9.57. The molecule has 0 saturated carbocycles. The Labute approximate surface area is 162 Å². The van der Waals surface area contributed by atoms with Crippen LogP contribution in [0.1, 0.15) is 15.9 Å². The van der Waals surface area contributed by atoms with Gasteiger partial charge >= 0.3 is 0 Å². The fourth-order valence-electron chi connectivity index (χ4n) is 2.86. The number of nitrogens with one attached hydrogen (secondary N) is 1. The van der Waals surface area contributed by atoms with Crippen LogP contribution in [-0.4, -0.2) is 10.9 Å². The number of thiazole rings is 1. The van der Waals surface area contributed by atoms with Gasteiger partial charge in [0.15, 0.2) is 0 Å². The molecule has 0 radical (unpaired) electrons. The molecule has 27 heavy (non-hydrogen) atoms. The summed E-state index contributed by atoms with van der Waals surface area (Å²) in [5, 5.41) is 6.01. The Balaban J connectivity index is 1.51. The molecule has 4 aromatic rings. The largest absolute Gasteiger partial charge is 0.322 e. The van der Waals surface area contributed by atoms with Crippen molar-refractivity contribution in [2.24, 2.45) is 0 Å². The van der Waals surface area contributed by atoms with Crippen LogP contribution < -0.4 is 5.32 Å². The first kappa shape index (κ1) is 17.2. The molecule has 4 rings (SSSR count). The van der Waals surface area contributed by atoms with Crippen molar-refractivity contribution < 1.29 is 4.79 Å². The molecule has 1 heterocycles. The molecule has 0 atom stereocenters. The van der Waals surface area contributed by atoms with Crippen LogP contribution in [0.5, 0.6) is 0 Å². The van der Waals surface area contributed by atoms with Crippen molar-refractivity contribution in [1.29, 1.82) is 0 Å². The number of nitrogens with zero attached hydrogens (tertiary/aromatic N) is 1. The Hall–Kier alpha value is -3.24. The van der Waals surface area contributed by atoms with Crippen LogP contribution in [0, 0.1) is 6.92 Å². The smallest absolute Gasteiger partial charge is 0.255 e. The van der Waals surface area contributed by atoms with Crippen LogP contribution in [0.25, 0.3) is 21.8 Å². The highest BCUT2D eigenvalue weighted by molar-refractivity contribution is 7.13. The Morgan fingerprint density at radius 3 is 2.33 bits per heavy atom. The molecule has 4 heteroatoms. The SMILES string of the molecule is Cc1ccccc1-c1nc(-c2ccc(NC(=O)c3ccccc3)cc2)cs1. The standard InChI is InChI=1S/C23H18N2OS/c1-16-7-5-6-10-20(16)23-25-21(15-27-23)17-11-13-19(14-12-17)24-22(26)18-8-3-2-4-9-18/h2-15H,1H3,(H,24,26). The first-order chi connectivity index (χ1) is 13.2. The van der Waals surface area contributed by atoms with E-state index in [1.165, 1.54) is 11.1 Å². The molecule has 0 bridgehead atoms. The van der Waals surface area contributed by atoms with Gasteiger partial charge in [-0.1, -0.05) is 54.6 Å². The lowest BCUT2D eigenvalue weighted by Crippen LogP contribution is -2.11. The van der Waals surface area contributed by atoms with Crippen LogP contribution >= 0.6 is 11.3 Å². The summed E-state index contributed by atoms with van der Waals surface area (Å²) in [5.41, 5.74) is 5.77. The van der Waals surface area contributed by atoms with Gasteiger partial charge in [0.05, 0.1) is 5.69 Å². The van der Waals surface area contributed by atoms with Gasteiger partial charge in [-0.05, 0) is 36.8 Å². The second kappa shape index (κ2) is 7.56. The number of benzene rings is 3. The first-order valence-electron chi connectivity index (χ1n) is 8.69. The Morgan fingerprint density at radius 2 is 1.59 bits per heavy atom. The van der Waals surface area contributed by atoms with Crippen molar-refractivity contribution in [3.05, 3.63) is 95.4 Å². The third kappa shape index (κ3) is 3.81. The zero-order valence-corrected chi connectivity index (χ0v) is 15.7. The molecular formula is C23H18N2OS. The van der Waals surface area contributed by atoms with Crippen LogP contribution in [0.3, 0.4) is 0 Å². The van der Waals surface area contributed by atoms with Crippen molar-refractivity contribution in [3.8, 4) is 21.8 Å². The highest BCUT2D eigenvalue weighted by Gasteiger charge is 2.09. The zero-order chi connectivity index (χ0) is 18.6. The summed E-state index contributed by atoms with van der Waals surface area (Å²) in [5.74, 6) is -0.112. The molecule has 132 valence electrons. The number of aromatic nitrogens is 1. The molecule has 0 saturated heterocycles. The fraction of sp³-hybridized carbons (Fsp3) is 0.0435. The van der Waals surface area contributed by atoms with Crippen LogP contribution in [0.2, 0.25) is 0 Å². The van der Waals surface area contributed by atoms with Crippen LogP contribution in [0.15, 0.2) is 84.2 Å². The minimum absolute atomic E-state index is 0.112. The van der Waals surface area contributed by atoms with Crippen molar-refractivity contribution in [1.82, 2.24) is 4.98 Å². The number of amides is 1. The van der Waals surface area contributed by atoms with E-state index in [-0.39, 0.29) is 5.91 Å². The third-order valence-electron chi connectivity index (χ3n) is 4.35. The summed E-state index contributed by atoms with van der Waals surface area (Å²) < 4.78 is 0. The monoisotopic (exact) mass is 370 g/mol. The van der Waals surface area contributed by atoms with Gasteiger partial charge < -0.3 is 5.32 Å². The number of hydrogen-bond acceptors (Lipinski definition) is 3. The fourth-order valence-corrected chi connectivity index (χ4v) is 3.78. The van der Waals surface area contributed by atoms with Gasteiger partial charge in [0.25, 0.3) is 5.91 Å². The minimum Gasteiger partial charge on any atom is -0.322 e. The van der Waals surface area contributed by atoms with E-state index < -0.39 is 0 Å². The van der Waals surface area contributed by atoms with Crippen molar-refractivity contribution in [2.45, 2.75) is 6.92 Å². The zero-order valence-electron chi connectivity index (χ0n) is 14.8. The van der Waals surface area contributed by atoms with Gasteiger partial charge in [-0.15, -0.1) is 11.3 Å². The van der Waals surface area contributed by atoms with Gasteiger partial charge in [-0.25, -0.2) is 4.98 Å². The van der Waals surface area contributed by atoms with E-state index in [4.69, 9.17) is 4.98 Å². The topological polar surface area (TPSA) is 42.0 Å². The Morgan fingerprint density at radius 1 is 0.889 bits per heavy atom. The van der Waals surface area contributed by atoms with Gasteiger partial charge in [-0.3, -0.25) is 4.79 Å². The highest BCUT2D eigenvalue weighted by Crippen LogP contribution is 2.31. The van der Waals surface area contributed by atoms with Gasteiger partial charge in [-0.2, -0.15) is 0 Å². The maximum absolute atomic E-state index is 12.2. The van der Waals surface area contributed by atoms with Gasteiger partial charge in [0, 0.05) is 27.8 Å². The lowest BCUT2D eigenvalue weighted by molar-refractivity contribution is 0.102. The highest BCUT2D eigenvalue weighted by atomic mass is 32.1. The van der Waals surface area contributed by atoms with Crippen LogP contribution in [0.4, 0.5) is 5.69 Å². The summed E-state index contributed by atoms with van der Waals surface area (Å²) >= 11 is 1.64. The summed E-state index contributed by atoms with van der Waals surface area (Å²) in [7, 11) is 0. The molecule has 0 aliphatic rings. The molecule has 1 N–H and O–H groups in total. The van der Waals surface area contributed by atoms with E-state index in [1.54, 1.807) is 23.5 Å². The average Bonchev–Trinajstić information content (AvgIpc) is 3.19. The van der Waals surface area contributed by atoms with E-state index in [0.717, 1.165) is 22.0 Å². The van der Waals surface area contributed by atoms with E-state index in [0.29, 0.717) is 5.56 Å². The number of rotatable bonds is 4. The van der Waals surface area contributed by atoms with Crippen molar-refractivity contribution in [2.75, 3.05) is 5.32 Å². The summed E-state index contributed by atoms with van der Waals surface area (Å²) in [6.07, 6.45) is 0. The molecular weight excluding hydrogens is 352 g/mol. The third-order valence-corrected chi connectivity index (χ3v) is 5.23. The number of carbonyl (C=O) groups is 1. The number of anilines is 1. The van der Waals surface area contributed by atoms with E-state index in [2.05, 4.69) is 29.8 Å². The van der Waals surface area contributed by atoms with E-state index in [9.17, 15) is 4.79 Å². The molecule has 3 nitrogen and oxygen atoms in total. The predicted octanol–water partition coefficient (Wildman–Crippen LogP) is 6.04. The second-order valence-electron chi connectivity index (χ2n) is 6.25. The quantitative estimate of drug-likeness (QED) is 0.476. The van der Waals surface area contributed by atoms with Crippen LogP contribution in [-0.2, 0) is 0 Å². The maximum Gasteiger partial charge on any atom is 0.255 e. The minimum atomic E-state index is -0.112. The summed E-state index contributed by atoms with van der Waals surface area (Å²) in [6, 6.07) is 25.2. The maximum atomic E-state index is 12.2. The molecule has 3 aromatic carbocycles. The van der Waals surface area contributed by atoms with Crippen molar-refractivity contribution in [3.63, 3.8) is 0 Å². The number of aryl methyl sites for hydroxylation is 1. The normalized spacial score (nSPS) is 10.6. The molecule has 1 amide bonds. The van der Waals surface area contributed by atoms with E-state index >= 15 is 0 Å². The summed E-state index contributed by atoms with van der Waals surface area (Å²) in [6.45, 7) is 2.10. The van der Waals surface area contributed by atoms with Crippen molar-refractivity contribution >= 4 is 22.9 Å². The molecule has 0 fully saturated rings. The lowest BCUT2D eigenvalue weighted by Gasteiger charge is -2.06. The molecule has 1 aromatic heterocycles. The van der Waals surface area contributed by atoms with Gasteiger partial charge in [0.2, 0.25) is 0 Å². The van der Waals surface area contributed by atoms with Gasteiger partial charge in [0.1, 0.15) is 5.01 Å². The lowest BCUT2D eigenvalue weighted by atomic mass is 10.1. The molecule has 0 aliphatic carbocycles. The summed E-state index contributed by atoms with van der Waals surface area (Å²) in [4.78, 5) is 17.0. The molecule has 0 unspecified atom stereocenters. The molecule has 0 spiro atoms.